The first kappa shape index (κ1) is 12.9. The van der Waals surface area contributed by atoms with Crippen molar-refractivity contribution in [2.24, 2.45) is 0 Å². The van der Waals surface area contributed by atoms with Gasteiger partial charge in [-0.05, 0) is 5.56 Å². The highest BCUT2D eigenvalue weighted by molar-refractivity contribution is 5.91. The van der Waals surface area contributed by atoms with E-state index in [1.807, 2.05) is 30.3 Å². The average molecular weight is 285 g/mol. The van der Waals surface area contributed by atoms with Gasteiger partial charge < -0.3 is 9.84 Å². The third kappa shape index (κ3) is 1.95. The van der Waals surface area contributed by atoms with Crippen molar-refractivity contribution in [1.82, 2.24) is 14.6 Å². The van der Waals surface area contributed by atoms with Crippen molar-refractivity contribution < 1.29 is 14.6 Å². The Morgan fingerprint density at radius 2 is 2.05 bits per heavy atom. The van der Waals surface area contributed by atoms with E-state index in [1.165, 1.54) is 0 Å². The number of carbonyl (C=O) groups is 1. The van der Waals surface area contributed by atoms with E-state index in [9.17, 15) is 14.7 Å². The number of methoxy groups -OCH3 is 1. The Hall–Kier alpha value is -3.09. The third-order valence-corrected chi connectivity index (χ3v) is 3.10. The molecule has 2 heterocycles. The first-order valence-corrected chi connectivity index (χ1v) is 6.10. The molecule has 0 fully saturated rings. The lowest BCUT2D eigenvalue weighted by Crippen LogP contribution is -2.19. The Kier molecular flexibility index (Phi) is 2.94. The molecule has 7 heteroatoms. The zero-order valence-corrected chi connectivity index (χ0v) is 11.0. The molecular weight excluding hydrogens is 274 g/mol. The van der Waals surface area contributed by atoms with Crippen LogP contribution in [0.1, 0.15) is 10.5 Å². The summed E-state index contributed by atoms with van der Waals surface area (Å²) in [7, 11) is 1.15. The van der Waals surface area contributed by atoms with Crippen LogP contribution in [0.2, 0.25) is 0 Å². The second-order valence-electron chi connectivity index (χ2n) is 4.32. The van der Waals surface area contributed by atoms with E-state index in [2.05, 4.69) is 14.8 Å². The molecule has 3 rings (SSSR count). The van der Waals surface area contributed by atoms with Gasteiger partial charge in [0.05, 0.1) is 7.11 Å². The van der Waals surface area contributed by atoms with Crippen molar-refractivity contribution in [3.63, 3.8) is 0 Å². The monoisotopic (exact) mass is 285 g/mol. The van der Waals surface area contributed by atoms with Gasteiger partial charge >= 0.3 is 11.5 Å². The molecule has 0 unspecified atom stereocenters. The second-order valence-corrected chi connectivity index (χ2v) is 4.32. The number of nitrogens with one attached hydrogen (secondary N) is 1. The molecule has 3 aromatic rings. The van der Waals surface area contributed by atoms with Gasteiger partial charge in [-0.15, -0.1) is 0 Å². The van der Waals surface area contributed by atoms with Crippen molar-refractivity contribution in [3.8, 4) is 16.9 Å². The van der Waals surface area contributed by atoms with Crippen LogP contribution >= 0.6 is 0 Å². The zero-order chi connectivity index (χ0) is 15.0. The van der Waals surface area contributed by atoms with Gasteiger partial charge in [-0.3, -0.25) is 9.89 Å². The quantitative estimate of drug-likeness (QED) is 0.689. The van der Waals surface area contributed by atoms with E-state index in [1.54, 1.807) is 6.20 Å². The number of nitrogens with zero attached hydrogens (tertiary/aromatic N) is 2. The van der Waals surface area contributed by atoms with E-state index < -0.39 is 23.0 Å². The summed E-state index contributed by atoms with van der Waals surface area (Å²) in [5, 5.41) is 12.5. The SMILES string of the molecule is COC(=O)c1nc2c(-c3ccccc3)c[nH]n2c(=O)c1O. The summed E-state index contributed by atoms with van der Waals surface area (Å²) in [6.07, 6.45) is 1.58. The normalized spacial score (nSPS) is 10.7. The van der Waals surface area contributed by atoms with Crippen molar-refractivity contribution >= 4 is 11.6 Å². The number of aromatic nitrogens is 3. The van der Waals surface area contributed by atoms with Crippen molar-refractivity contribution in [2.45, 2.75) is 0 Å². The van der Waals surface area contributed by atoms with Crippen LogP contribution in [-0.2, 0) is 4.74 Å². The number of rotatable bonds is 2. The van der Waals surface area contributed by atoms with Gasteiger partial charge in [-0.2, -0.15) is 4.52 Å². The van der Waals surface area contributed by atoms with Gasteiger partial charge in [-0.1, -0.05) is 30.3 Å². The molecule has 106 valence electrons. The Bertz CT molecular complexity index is 880. The number of hydrogen-bond donors (Lipinski definition) is 2. The fourth-order valence-electron chi connectivity index (χ4n) is 2.08. The highest BCUT2D eigenvalue weighted by Gasteiger charge is 2.21. The van der Waals surface area contributed by atoms with Crippen LogP contribution in [0.3, 0.4) is 0 Å². The molecule has 2 aromatic heterocycles. The molecule has 0 radical (unpaired) electrons. The molecule has 0 saturated carbocycles. The maximum absolute atomic E-state index is 12.0. The molecule has 2 N–H and O–H groups in total. The summed E-state index contributed by atoms with van der Waals surface area (Å²) >= 11 is 0. The van der Waals surface area contributed by atoms with Crippen LogP contribution in [0, 0.1) is 0 Å². The van der Waals surface area contributed by atoms with Gasteiger partial charge in [0.15, 0.2) is 11.3 Å². The smallest absolute Gasteiger partial charge is 0.360 e. The highest BCUT2D eigenvalue weighted by atomic mass is 16.5. The molecular formula is C14H11N3O4. The summed E-state index contributed by atoms with van der Waals surface area (Å²) in [6.45, 7) is 0. The van der Waals surface area contributed by atoms with Crippen molar-refractivity contribution in [2.75, 3.05) is 7.11 Å². The molecule has 21 heavy (non-hydrogen) atoms. The molecule has 0 atom stereocenters. The van der Waals surface area contributed by atoms with Crippen LogP contribution in [0.15, 0.2) is 41.3 Å². The Labute approximate surface area is 118 Å². The Morgan fingerprint density at radius 3 is 2.71 bits per heavy atom. The van der Waals surface area contributed by atoms with Crippen LogP contribution in [0.5, 0.6) is 5.75 Å². The Balaban J connectivity index is 2.34. The fraction of sp³-hybridized carbons (Fsp3) is 0.0714. The summed E-state index contributed by atoms with van der Waals surface area (Å²) in [4.78, 5) is 27.7. The minimum atomic E-state index is -0.868. The van der Waals surface area contributed by atoms with Gasteiger partial charge in [0, 0.05) is 11.8 Å². The van der Waals surface area contributed by atoms with E-state index in [0.29, 0.717) is 5.56 Å². The number of aromatic hydroxyl groups is 1. The summed E-state index contributed by atoms with van der Waals surface area (Å²) in [5.74, 6) is -1.62. The number of fused-ring (bicyclic) bond motifs is 1. The lowest BCUT2D eigenvalue weighted by atomic mass is 10.1. The number of H-pyrrole nitrogens is 1. The number of aromatic amines is 1. The lowest BCUT2D eigenvalue weighted by Gasteiger charge is -2.03. The maximum Gasteiger partial charge on any atom is 0.360 e. The van der Waals surface area contributed by atoms with E-state index in [4.69, 9.17) is 0 Å². The maximum atomic E-state index is 12.0. The molecule has 0 aliphatic heterocycles. The van der Waals surface area contributed by atoms with Gasteiger partial charge in [0.1, 0.15) is 0 Å². The number of hydrogen-bond acceptors (Lipinski definition) is 5. The minimum absolute atomic E-state index is 0.240. The van der Waals surface area contributed by atoms with E-state index in [-0.39, 0.29) is 5.65 Å². The molecule has 0 aliphatic carbocycles. The van der Waals surface area contributed by atoms with Gasteiger partial charge in [0.25, 0.3) is 0 Å². The Morgan fingerprint density at radius 1 is 1.33 bits per heavy atom. The summed E-state index contributed by atoms with van der Waals surface area (Å²) in [5.41, 5.74) is 0.536. The predicted octanol–water partition coefficient (Wildman–Crippen LogP) is 1.18. The molecule has 0 spiro atoms. The van der Waals surface area contributed by atoms with Crippen LogP contribution in [-0.4, -0.2) is 32.8 Å². The molecule has 0 aliphatic rings. The zero-order valence-electron chi connectivity index (χ0n) is 11.0. The average Bonchev–Trinajstić information content (AvgIpc) is 2.95. The lowest BCUT2D eigenvalue weighted by molar-refractivity contribution is 0.0590. The molecule has 7 nitrogen and oxygen atoms in total. The standard InChI is InChI=1S/C14H11N3O4/c1-21-14(20)10-11(18)13(19)17-12(16-10)9(7-15-17)8-5-3-2-4-6-8/h2-7,15,18H,1H3. The fourth-order valence-corrected chi connectivity index (χ4v) is 2.08. The number of benzene rings is 1. The number of esters is 1. The second kappa shape index (κ2) is 4.78. The first-order chi connectivity index (χ1) is 10.1. The third-order valence-electron chi connectivity index (χ3n) is 3.10. The van der Waals surface area contributed by atoms with E-state index in [0.717, 1.165) is 17.2 Å². The van der Waals surface area contributed by atoms with Crippen LogP contribution < -0.4 is 5.56 Å². The molecule has 0 saturated heterocycles. The predicted molar refractivity (Wildman–Crippen MR) is 74.3 cm³/mol. The molecule has 0 amide bonds. The molecule has 0 bridgehead atoms. The largest absolute Gasteiger partial charge is 0.501 e. The van der Waals surface area contributed by atoms with Crippen molar-refractivity contribution in [1.29, 1.82) is 0 Å². The van der Waals surface area contributed by atoms with Crippen LogP contribution in [0.4, 0.5) is 0 Å². The summed E-state index contributed by atoms with van der Waals surface area (Å²) in [6, 6.07) is 9.25. The van der Waals surface area contributed by atoms with E-state index >= 15 is 0 Å². The highest BCUT2D eigenvalue weighted by Crippen LogP contribution is 2.23. The number of ether oxygens (including phenoxy) is 1. The van der Waals surface area contributed by atoms with Gasteiger partial charge in [-0.25, -0.2) is 9.78 Å². The minimum Gasteiger partial charge on any atom is -0.501 e. The number of carbonyl (C=O) groups excluding carboxylic acids is 1. The first-order valence-electron chi connectivity index (χ1n) is 6.10. The van der Waals surface area contributed by atoms with Crippen molar-refractivity contribution in [3.05, 3.63) is 52.6 Å². The molecule has 1 aromatic carbocycles. The van der Waals surface area contributed by atoms with Gasteiger partial charge in [0.2, 0.25) is 5.75 Å². The van der Waals surface area contributed by atoms with Crippen LogP contribution in [0.25, 0.3) is 16.8 Å². The summed E-state index contributed by atoms with van der Waals surface area (Å²) < 4.78 is 5.60. The topological polar surface area (TPSA) is 96.7 Å².